The van der Waals surface area contributed by atoms with E-state index in [1.807, 2.05) is 17.9 Å². The molecule has 3 aromatic rings. The normalized spacial score (nSPS) is 27.8. The number of phenolic OH excluding ortho intramolecular Hbond substituents is 1. The number of aromatic nitrogens is 2. The van der Waals surface area contributed by atoms with Gasteiger partial charge in [0.05, 0.1) is 5.54 Å². The molecule has 8 nitrogen and oxygen atoms in total. The zero-order chi connectivity index (χ0) is 31.0. The van der Waals surface area contributed by atoms with Crippen molar-refractivity contribution in [2.24, 2.45) is 0 Å². The lowest BCUT2D eigenvalue weighted by Gasteiger charge is -2.41. The summed E-state index contributed by atoms with van der Waals surface area (Å²) in [5.74, 6) is 0.476. The third kappa shape index (κ3) is 4.75. The Hall–Kier alpha value is -3.79. The number of piperazine rings is 1. The lowest BCUT2D eigenvalue weighted by molar-refractivity contribution is -0.129. The van der Waals surface area contributed by atoms with Gasteiger partial charge in [-0.3, -0.25) is 9.69 Å². The van der Waals surface area contributed by atoms with Crippen LogP contribution in [0.25, 0.3) is 22.0 Å². The molecule has 1 aliphatic carbocycles. The minimum atomic E-state index is -0.890. The number of benzene rings is 2. The molecule has 5 fully saturated rings. The van der Waals surface area contributed by atoms with Crippen LogP contribution in [-0.2, 0) is 4.79 Å². The first-order chi connectivity index (χ1) is 21.7. The number of nitrogens with zero attached hydrogens (tertiary/aromatic N) is 5. The Balaban J connectivity index is 1.22. The highest BCUT2D eigenvalue weighted by atomic mass is 19.1. The van der Waals surface area contributed by atoms with Crippen molar-refractivity contribution in [3.63, 3.8) is 0 Å². The van der Waals surface area contributed by atoms with Crippen molar-refractivity contribution >= 4 is 22.6 Å². The highest BCUT2D eigenvalue weighted by molar-refractivity contribution is 5.94. The van der Waals surface area contributed by atoms with Gasteiger partial charge in [-0.2, -0.15) is 9.97 Å². The summed E-state index contributed by atoms with van der Waals surface area (Å²) < 4.78 is 37.6. The lowest BCUT2D eigenvalue weighted by atomic mass is 9.91. The Kier molecular flexibility index (Phi) is 6.78. The SMILES string of the molecule is C=CC(=O)N1C2CCC1CN(c1nc(OC[C@@]34CCCN3C[C@H](F)C4)nc3c(F)c(-c4cc(O)cc(C)c4C4CC4)ccc13)C2. The second-order valence-electron chi connectivity index (χ2n) is 13.8. The van der Waals surface area contributed by atoms with Crippen molar-refractivity contribution in [3.8, 4) is 22.9 Å². The Labute approximate surface area is 261 Å². The van der Waals surface area contributed by atoms with Crippen LogP contribution in [0.15, 0.2) is 36.9 Å². The van der Waals surface area contributed by atoms with E-state index in [9.17, 15) is 14.3 Å². The molecule has 5 aliphatic rings. The third-order valence-electron chi connectivity index (χ3n) is 10.9. The number of aryl methyl sites for hydroxylation is 1. The molecule has 236 valence electrons. The van der Waals surface area contributed by atoms with Crippen molar-refractivity contribution < 1.29 is 23.4 Å². The number of phenols is 1. The number of anilines is 1. The number of rotatable bonds is 7. The first kappa shape index (κ1) is 28.7. The molecule has 10 heteroatoms. The molecule has 8 rings (SSSR count). The largest absolute Gasteiger partial charge is 0.508 e. The van der Waals surface area contributed by atoms with Gasteiger partial charge < -0.3 is 19.6 Å². The second kappa shape index (κ2) is 10.6. The highest BCUT2D eigenvalue weighted by Gasteiger charge is 2.49. The van der Waals surface area contributed by atoms with Crippen LogP contribution in [0, 0.1) is 12.7 Å². The van der Waals surface area contributed by atoms with Gasteiger partial charge in [0.25, 0.3) is 0 Å². The molecule has 2 aromatic carbocycles. The molecule has 4 aliphatic heterocycles. The third-order valence-corrected chi connectivity index (χ3v) is 10.9. The summed E-state index contributed by atoms with van der Waals surface area (Å²) in [6, 6.07) is 7.12. The highest BCUT2D eigenvalue weighted by Crippen LogP contribution is 2.48. The Morgan fingerprint density at radius 2 is 1.91 bits per heavy atom. The van der Waals surface area contributed by atoms with E-state index < -0.39 is 17.5 Å². The zero-order valence-electron chi connectivity index (χ0n) is 25.6. The zero-order valence-corrected chi connectivity index (χ0v) is 25.6. The topological polar surface area (TPSA) is 82.0 Å². The van der Waals surface area contributed by atoms with Crippen LogP contribution in [0.2, 0.25) is 0 Å². The number of alkyl halides is 1. The first-order valence-corrected chi connectivity index (χ1v) is 16.3. The van der Waals surface area contributed by atoms with Crippen LogP contribution >= 0.6 is 0 Å². The van der Waals surface area contributed by atoms with E-state index in [4.69, 9.17) is 9.72 Å². The van der Waals surface area contributed by atoms with Gasteiger partial charge in [-0.1, -0.05) is 12.6 Å². The number of hydrogen-bond acceptors (Lipinski definition) is 7. The van der Waals surface area contributed by atoms with Crippen molar-refractivity contribution in [1.29, 1.82) is 0 Å². The summed E-state index contributed by atoms with van der Waals surface area (Å²) >= 11 is 0. The van der Waals surface area contributed by atoms with Gasteiger partial charge >= 0.3 is 6.01 Å². The molecule has 1 amide bonds. The van der Waals surface area contributed by atoms with Gasteiger partial charge in [0.1, 0.15) is 29.9 Å². The molecule has 1 saturated carbocycles. The number of carbonyl (C=O) groups is 1. The number of fused-ring (bicyclic) bond motifs is 4. The number of amides is 1. The number of carbonyl (C=O) groups excluding carboxylic acids is 1. The summed E-state index contributed by atoms with van der Waals surface area (Å²) in [6.07, 6.45) is 6.58. The quantitative estimate of drug-likeness (QED) is 0.344. The smallest absolute Gasteiger partial charge is 0.319 e. The Morgan fingerprint density at radius 3 is 2.64 bits per heavy atom. The van der Waals surface area contributed by atoms with E-state index in [0.717, 1.165) is 56.2 Å². The van der Waals surface area contributed by atoms with E-state index in [0.29, 0.717) is 54.3 Å². The molecule has 4 saturated heterocycles. The summed E-state index contributed by atoms with van der Waals surface area (Å²) in [6.45, 7) is 8.26. The van der Waals surface area contributed by atoms with Crippen LogP contribution in [-0.4, -0.2) is 87.4 Å². The van der Waals surface area contributed by atoms with Crippen molar-refractivity contribution in [3.05, 3.63) is 53.9 Å². The van der Waals surface area contributed by atoms with Crippen molar-refractivity contribution in [2.45, 2.75) is 81.6 Å². The fourth-order valence-electron chi connectivity index (χ4n) is 8.74. The number of ether oxygens (including phenoxy) is 1. The van der Waals surface area contributed by atoms with Crippen LogP contribution < -0.4 is 9.64 Å². The molecule has 2 unspecified atom stereocenters. The van der Waals surface area contributed by atoms with Gasteiger partial charge in [-0.05, 0) is 98.9 Å². The van der Waals surface area contributed by atoms with Crippen LogP contribution in [0.5, 0.6) is 11.8 Å². The van der Waals surface area contributed by atoms with Gasteiger partial charge in [0, 0.05) is 49.1 Å². The van der Waals surface area contributed by atoms with E-state index >= 15 is 4.39 Å². The van der Waals surface area contributed by atoms with Gasteiger partial charge in [-0.15, -0.1) is 0 Å². The maximum atomic E-state index is 16.8. The average Bonchev–Trinajstić information content (AvgIpc) is 3.63. The number of hydrogen-bond donors (Lipinski definition) is 1. The molecular weight excluding hydrogens is 576 g/mol. The first-order valence-electron chi connectivity index (χ1n) is 16.3. The van der Waals surface area contributed by atoms with E-state index in [2.05, 4.69) is 21.4 Å². The van der Waals surface area contributed by atoms with Gasteiger partial charge in [-0.25, -0.2) is 8.78 Å². The Morgan fingerprint density at radius 1 is 1.13 bits per heavy atom. The number of aromatic hydroxyl groups is 1. The maximum Gasteiger partial charge on any atom is 0.319 e. The fraction of sp³-hybridized carbons (Fsp3) is 0.514. The summed E-state index contributed by atoms with van der Waals surface area (Å²) in [7, 11) is 0. The minimum absolute atomic E-state index is 0.00929. The fourth-order valence-corrected chi connectivity index (χ4v) is 8.74. The molecule has 4 atom stereocenters. The summed E-state index contributed by atoms with van der Waals surface area (Å²) in [4.78, 5) is 28.4. The summed E-state index contributed by atoms with van der Waals surface area (Å²) in [5, 5.41) is 11.1. The van der Waals surface area contributed by atoms with E-state index in [-0.39, 0.29) is 41.9 Å². The molecule has 1 N–H and O–H groups in total. The number of halogens is 2. The van der Waals surface area contributed by atoms with Crippen LogP contribution in [0.4, 0.5) is 14.6 Å². The predicted molar refractivity (Wildman–Crippen MR) is 168 cm³/mol. The molecule has 5 heterocycles. The molecule has 2 bridgehead atoms. The summed E-state index contributed by atoms with van der Waals surface area (Å²) in [5.41, 5.74) is 2.85. The Bertz CT molecular complexity index is 1700. The standard InChI is InChI=1S/C35H39F2N5O3/c1-3-29(44)42-23-7-8-24(42)18-40(17-23)33-27-10-9-26(28-14-25(43)13-20(2)30(28)21-5-6-21)31(37)32(27)38-34(39-33)45-19-35-11-4-12-41(35)16-22(36)15-35/h3,9-10,13-14,21-24,43H,1,4-8,11-12,15-19H2,2H3/t22-,23?,24?,35+/m1/s1. The van der Waals surface area contributed by atoms with Crippen LogP contribution in [0.1, 0.15) is 62.0 Å². The molecule has 0 radical (unpaired) electrons. The van der Waals surface area contributed by atoms with Crippen LogP contribution in [0.3, 0.4) is 0 Å². The minimum Gasteiger partial charge on any atom is -0.508 e. The lowest BCUT2D eigenvalue weighted by Crippen LogP contribution is -2.55. The predicted octanol–water partition coefficient (Wildman–Crippen LogP) is 5.65. The second-order valence-corrected chi connectivity index (χ2v) is 13.8. The van der Waals surface area contributed by atoms with E-state index in [1.165, 1.54) is 6.08 Å². The molecule has 0 spiro atoms. The molecule has 1 aromatic heterocycles. The average molecular weight is 616 g/mol. The molecular formula is C35H39F2N5O3. The van der Waals surface area contributed by atoms with Gasteiger partial charge in [0.2, 0.25) is 5.91 Å². The van der Waals surface area contributed by atoms with Crippen molar-refractivity contribution in [2.75, 3.05) is 37.7 Å². The maximum absolute atomic E-state index is 16.8. The van der Waals surface area contributed by atoms with E-state index in [1.54, 1.807) is 18.2 Å². The van der Waals surface area contributed by atoms with Gasteiger partial charge in [0.15, 0.2) is 5.82 Å². The molecule has 45 heavy (non-hydrogen) atoms. The monoisotopic (exact) mass is 615 g/mol. The van der Waals surface area contributed by atoms with Crippen molar-refractivity contribution in [1.82, 2.24) is 19.8 Å².